The first-order valence-corrected chi connectivity index (χ1v) is 16.7. The largest absolute Gasteiger partial charge is 0.493 e. The van der Waals surface area contributed by atoms with Crippen LogP contribution in [0.5, 0.6) is 5.75 Å². The number of benzene rings is 1. The van der Waals surface area contributed by atoms with Gasteiger partial charge in [-0.2, -0.15) is 18.4 Å². The molecule has 2 saturated heterocycles. The number of hydrogen-bond acceptors (Lipinski definition) is 7. The Balaban J connectivity index is 1.30. The van der Waals surface area contributed by atoms with Crippen molar-refractivity contribution in [2.24, 2.45) is 5.92 Å². The average molecular weight is 686 g/mol. The summed E-state index contributed by atoms with van der Waals surface area (Å²) < 4.78 is 53.1. The predicted molar refractivity (Wildman–Crippen MR) is 179 cm³/mol. The van der Waals surface area contributed by atoms with Crippen LogP contribution >= 0.6 is 12.2 Å². The first kappa shape index (κ1) is 35.4. The third-order valence-electron chi connectivity index (χ3n) is 9.50. The van der Waals surface area contributed by atoms with Crippen LogP contribution < -0.4 is 14.5 Å². The Kier molecular flexibility index (Phi) is 9.47. The molecular weight excluding hydrogens is 643 g/mol. The van der Waals surface area contributed by atoms with Crippen LogP contribution in [-0.4, -0.2) is 56.8 Å². The lowest BCUT2D eigenvalue weighted by atomic mass is 9.75. The van der Waals surface area contributed by atoms with E-state index in [1.807, 2.05) is 50.8 Å². The maximum absolute atomic E-state index is 13.9. The number of amides is 2. The average Bonchev–Trinajstić information content (AvgIpc) is 3.21. The zero-order chi connectivity index (χ0) is 35.2. The molecule has 2 amide bonds. The van der Waals surface area contributed by atoms with Gasteiger partial charge in [0.15, 0.2) is 10.8 Å². The normalized spacial score (nSPS) is 20.5. The van der Waals surface area contributed by atoms with Gasteiger partial charge >= 0.3 is 12.3 Å². The van der Waals surface area contributed by atoms with Gasteiger partial charge in [-0.25, -0.2) is 9.78 Å². The van der Waals surface area contributed by atoms with E-state index in [-0.39, 0.29) is 22.4 Å². The number of aromatic nitrogens is 1. The lowest BCUT2D eigenvalue weighted by Crippen LogP contribution is -2.55. The second-order valence-electron chi connectivity index (χ2n) is 14.4. The highest BCUT2D eigenvalue weighted by atomic mass is 32.1. The van der Waals surface area contributed by atoms with Gasteiger partial charge in [-0.15, -0.1) is 0 Å². The minimum Gasteiger partial charge on any atom is -0.493 e. The van der Waals surface area contributed by atoms with E-state index < -0.39 is 34.5 Å². The first-order valence-electron chi connectivity index (χ1n) is 16.3. The van der Waals surface area contributed by atoms with Crippen LogP contribution in [0.4, 0.5) is 29.3 Å². The zero-order valence-corrected chi connectivity index (χ0v) is 29.1. The smallest absolute Gasteiger partial charge is 0.419 e. The van der Waals surface area contributed by atoms with Gasteiger partial charge in [0.2, 0.25) is 0 Å². The first-order chi connectivity index (χ1) is 22.4. The molecule has 1 aromatic heterocycles. The van der Waals surface area contributed by atoms with Crippen LogP contribution in [0.25, 0.3) is 0 Å². The van der Waals surface area contributed by atoms with Gasteiger partial charge in [0.25, 0.3) is 5.91 Å². The fourth-order valence-corrected chi connectivity index (χ4v) is 7.45. The topological polar surface area (TPSA) is 99.0 Å². The second-order valence-corrected chi connectivity index (χ2v) is 14.8. The molecule has 3 heterocycles. The van der Waals surface area contributed by atoms with Gasteiger partial charge < -0.3 is 19.3 Å². The number of pyridine rings is 1. The zero-order valence-electron chi connectivity index (χ0n) is 28.2. The maximum Gasteiger partial charge on any atom is 0.419 e. The minimum absolute atomic E-state index is 0.0652. The Morgan fingerprint density at radius 3 is 2.44 bits per heavy atom. The molecule has 9 nitrogen and oxygen atoms in total. The van der Waals surface area contributed by atoms with Crippen molar-refractivity contribution in [3.63, 3.8) is 0 Å². The minimum atomic E-state index is -4.83. The lowest BCUT2D eigenvalue weighted by Gasteiger charge is -2.45. The molecule has 2 aliphatic heterocycles. The number of piperidine rings is 1. The van der Waals surface area contributed by atoms with Crippen molar-refractivity contribution in [2.75, 3.05) is 23.0 Å². The molecule has 13 heteroatoms. The molecule has 258 valence electrons. The molecule has 0 bridgehead atoms. The lowest BCUT2D eigenvalue weighted by molar-refractivity contribution is -0.138. The van der Waals surface area contributed by atoms with Gasteiger partial charge in [0, 0.05) is 17.8 Å². The molecule has 1 atom stereocenters. The van der Waals surface area contributed by atoms with Crippen LogP contribution in [0.2, 0.25) is 0 Å². The summed E-state index contributed by atoms with van der Waals surface area (Å²) in [6.07, 6.45) is 0.881. The van der Waals surface area contributed by atoms with E-state index in [1.165, 1.54) is 6.07 Å². The van der Waals surface area contributed by atoms with Gasteiger partial charge in [0.1, 0.15) is 23.0 Å². The summed E-state index contributed by atoms with van der Waals surface area (Å²) in [7, 11) is 0. The molecule has 1 aromatic carbocycles. The van der Waals surface area contributed by atoms with E-state index >= 15 is 0 Å². The van der Waals surface area contributed by atoms with E-state index in [0.29, 0.717) is 49.8 Å². The molecule has 3 fully saturated rings. The van der Waals surface area contributed by atoms with Crippen LogP contribution in [0.15, 0.2) is 30.5 Å². The Morgan fingerprint density at radius 2 is 1.88 bits per heavy atom. The highest BCUT2D eigenvalue weighted by Gasteiger charge is 2.60. The molecule has 1 aliphatic carbocycles. The van der Waals surface area contributed by atoms with Crippen molar-refractivity contribution in [1.29, 1.82) is 5.26 Å². The number of thiocarbonyl (C=S) groups is 1. The van der Waals surface area contributed by atoms with E-state index in [0.717, 1.165) is 48.4 Å². The molecule has 1 unspecified atom stereocenters. The van der Waals surface area contributed by atoms with Crippen LogP contribution in [0, 0.1) is 17.2 Å². The summed E-state index contributed by atoms with van der Waals surface area (Å²) in [6, 6.07) is 7.86. The van der Waals surface area contributed by atoms with Gasteiger partial charge in [0.05, 0.1) is 24.1 Å². The third kappa shape index (κ3) is 6.68. The number of alkyl halides is 3. The number of nitrogens with zero attached hydrogens (tertiary/aromatic N) is 5. The molecule has 1 spiro atoms. The number of aryl methyl sites for hydroxylation is 1. The van der Waals surface area contributed by atoms with Gasteiger partial charge in [-0.1, -0.05) is 6.92 Å². The number of ether oxygens (including phenoxy) is 2. The second kappa shape index (κ2) is 12.8. The van der Waals surface area contributed by atoms with Crippen LogP contribution in [0.3, 0.4) is 0 Å². The van der Waals surface area contributed by atoms with E-state index in [9.17, 15) is 28.0 Å². The Labute approximate surface area is 285 Å². The quantitative estimate of drug-likeness (QED) is 0.273. The molecule has 0 N–H and O–H groups in total. The summed E-state index contributed by atoms with van der Waals surface area (Å²) in [4.78, 5) is 35.0. The monoisotopic (exact) mass is 685 g/mol. The van der Waals surface area contributed by atoms with Crippen molar-refractivity contribution in [2.45, 2.75) is 109 Å². The van der Waals surface area contributed by atoms with E-state index in [1.54, 1.807) is 4.90 Å². The van der Waals surface area contributed by atoms with Gasteiger partial charge in [-0.05, 0) is 128 Å². The fourth-order valence-electron chi connectivity index (χ4n) is 6.98. The molecule has 48 heavy (non-hydrogen) atoms. The standard InChI is InChI=1S/C35H42F3N5O4S/c1-7-23-17-24(9-10-28(23)46-16-12-22-11-15-41(33(5,6)19-22)31(45)47-32(2,3)4)43-30(48)42(29(44)34(43)13-8-14-34)25-18-26(35(36,37)38)27(20-39)40-21-25/h9-10,17-18,21-22H,7-8,11-16,19H2,1-6H3. The molecule has 0 radical (unpaired) electrons. The Morgan fingerprint density at radius 1 is 1.17 bits per heavy atom. The number of carbonyl (C=O) groups excluding carboxylic acids is 2. The summed E-state index contributed by atoms with van der Waals surface area (Å²) in [5.74, 6) is 0.682. The Bertz CT molecular complexity index is 1640. The number of halogens is 3. The number of hydrogen-bond donors (Lipinski definition) is 0. The van der Waals surface area contributed by atoms with Crippen molar-refractivity contribution >= 4 is 40.7 Å². The number of anilines is 2. The SMILES string of the molecule is CCc1cc(N2C(=S)N(c3cnc(C#N)c(C(F)(F)F)c3)C(=O)C23CCC3)ccc1OCCC1CCN(C(=O)OC(C)(C)C)C(C)(C)C1. The third-order valence-corrected chi connectivity index (χ3v) is 9.86. The highest BCUT2D eigenvalue weighted by molar-refractivity contribution is 7.81. The van der Waals surface area contributed by atoms with Gasteiger partial charge in [-0.3, -0.25) is 9.69 Å². The predicted octanol–water partition coefficient (Wildman–Crippen LogP) is 7.79. The van der Waals surface area contributed by atoms with E-state index in [4.69, 9.17) is 21.7 Å². The number of carbonyl (C=O) groups is 2. The molecular formula is C35H42F3N5O4S. The van der Waals surface area contributed by atoms with Crippen molar-refractivity contribution in [1.82, 2.24) is 9.88 Å². The molecule has 5 rings (SSSR count). The summed E-state index contributed by atoms with van der Waals surface area (Å²) in [5, 5.41) is 9.25. The highest BCUT2D eigenvalue weighted by Crippen LogP contribution is 2.49. The molecule has 1 saturated carbocycles. The number of rotatable bonds is 7. The maximum atomic E-state index is 13.9. The summed E-state index contributed by atoms with van der Waals surface area (Å²) >= 11 is 5.77. The van der Waals surface area contributed by atoms with Crippen molar-refractivity contribution in [3.8, 4) is 11.8 Å². The molecule has 2 aromatic rings. The molecule has 3 aliphatic rings. The number of likely N-dealkylation sites (tertiary alicyclic amines) is 1. The number of nitriles is 1. The van der Waals surface area contributed by atoms with Crippen molar-refractivity contribution in [3.05, 3.63) is 47.3 Å². The van der Waals surface area contributed by atoms with E-state index in [2.05, 4.69) is 18.8 Å². The van der Waals surface area contributed by atoms with Crippen LogP contribution in [-0.2, 0) is 22.1 Å². The Hall–Kier alpha value is -3.92. The summed E-state index contributed by atoms with van der Waals surface area (Å²) in [5.41, 5.74) is -2.44. The van der Waals surface area contributed by atoms with Crippen molar-refractivity contribution < 1.29 is 32.2 Å². The van der Waals surface area contributed by atoms with Crippen LogP contribution in [0.1, 0.15) is 96.9 Å². The summed E-state index contributed by atoms with van der Waals surface area (Å²) in [6.45, 7) is 12.8. The fraction of sp³-hybridized carbons (Fsp3) is 0.571.